The van der Waals surface area contributed by atoms with Crippen LogP contribution in [0.2, 0.25) is 18.1 Å². The number of carbonyl (C=O) groups is 2. The van der Waals surface area contributed by atoms with Crippen LogP contribution < -0.4 is 5.32 Å². The van der Waals surface area contributed by atoms with E-state index in [1.54, 1.807) is 0 Å². The molecular formula is C23H29NO7Si. The molecule has 0 aromatic heterocycles. The molecule has 9 heteroatoms. The Kier molecular flexibility index (Phi) is 6.09. The molecule has 1 saturated heterocycles. The number of methoxy groups -OCH3 is 1. The quantitative estimate of drug-likeness (QED) is 0.394. The van der Waals surface area contributed by atoms with Gasteiger partial charge in [-0.05, 0) is 18.1 Å². The Morgan fingerprint density at radius 2 is 1.91 bits per heavy atom. The predicted molar refractivity (Wildman–Crippen MR) is 118 cm³/mol. The zero-order valence-electron chi connectivity index (χ0n) is 19.3. The van der Waals surface area contributed by atoms with Crippen molar-refractivity contribution >= 4 is 20.4 Å². The zero-order valence-corrected chi connectivity index (χ0v) is 20.3. The van der Waals surface area contributed by atoms with Crippen molar-refractivity contribution in [2.75, 3.05) is 20.3 Å². The monoisotopic (exact) mass is 459 g/mol. The zero-order chi connectivity index (χ0) is 23.9. The molecule has 0 aromatic rings. The summed E-state index contributed by atoms with van der Waals surface area (Å²) >= 11 is 0. The number of amides is 1. The Morgan fingerprint density at radius 3 is 2.41 bits per heavy atom. The molecular weight excluding hydrogens is 430 g/mol. The Labute approximate surface area is 189 Å². The number of esters is 1. The van der Waals surface area contributed by atoms with E-state index in [-0.39, 0.29) is 30.4 Å². The van der Waals surface area contributed by atoms with Crippen LogP contribution in [0.25, 0.3) is 0 Å². The molecule has 3 aliphatic rings. The number of fused-ring (bicyclic) bond motifs is 1. The minimum Gasteiger partial charge on any atom is -0.453 e. The summed E-state index contributed by atoms with van der Waals surface area (Å²) in [4.78, 5) is 24.7. The molecule has 0 bridgehead atoms. The molecule has 0 aromatic carbocycles. The van der Waals surface area contributed by atoms with Gasteiger partial charge >= 0.3 is 12.1 Å². The number of nitrogens with one attached hydrogen (secondary N) is 1. The Hall–Kier alpha value is -2.56. The molecule has 2 atom stereocenters. The molecule has 3 rings (SSSR count). The molecule has 8 nitrogen and oxygen atoms in total. The SMILES string of the molecule is C#C[C@@H]1OC(=O)C=C2C1=C(NC(=O)OC)C1(C[C@]2(C#C)O[Si](C)(C)C(C)(C)C)OCCO1. The van der Waals surface area contributed by atoms with Crippen LogP contribution >= 0.6 is 0 Å². The van der Waals surface area contributed by atoms with Crippen molar-refractivity contribution in [3.63, 3.8) is 0 Å². The van der Waals surface area contributed by atoms with Crippen molar-refractivity contribution in [1.82, 2.24) is 5.32 Å². The lowest BCUT2D eigenvalue weighted by atomic mass is 9.72. The van der Waals surface area contributed by atoms with Crippen molar-refractivity contribution in [2.45, 2.75) is 62.8 Å². The summed E-state index contributed by atoms with van der Waals surface area (Å²) in [5.41, 5.74) is -0.519. The number of terminal acetylenes is 2. The number of rotatable bonds is 3. The average molecular weight is 460 g/mol. The van der Waals surface area contributed by atoms with Crippen LogP contribution in [0, 0.1) is 24.7 Å². The van der Waals surface area contributed by atoms with E-state index in [9.17, 15) is 9.59 Å². The molecule has 172 valence electrons. The van der Waals surface area contributed by atoms with Gasteiger partial charge in [0.1, 0.15) is 5.60 Å². The maximum Gasteiger partial charge on any atom is 0.411 e. The van der Waals surface area contributed by atoms with Gasteiger partial charge in [0.2, 0.25) is 5.79 Å². The highest BCUT2D eigenvalue weighted by molar-refractivity contribution is 6.74. The highest BCUT2D eigenvalue weighted by atomic mass is 28.4. The van der Waals surface area contributed by atoms with Gasteiger partial charge in [-0.2, -0.15) is 0 Å². The summed E-state index contributed by atoms with van der Waals surface area (Å²) < 4.78 is 29.0. The van der Waals surface area contributed by atoms with E-state index in [1.807, 2.05) is 0 Å². The molecule has 1 N–H and O–H groups in total. The second-order valence-corrected chi connectivity index (χ2v) is 14.1. The molecule has 2 heterocycles. The molecule has 1 aliphatic carbocycles. The molecule has 1 spiro atoms. The number of cyclic esters (lactones) is 1. The molecule has 0 radical (unpaired) electrons. The van der Waals surface area contributed by atoms with Gasteiger partial charge in [0.25, 0.3) is 0 Å². The van der Waals surface area contributed by atoms with E-state index < -0.39 is 37.9 Å². The van der Waals surface area contributed by atoms with Crippen molar-refractivity contribution in [3.05, 3.63) is 22.9 Å². The third-order valence-corrected chi connectivity index (χ3v) is 10.9. The summed E-state index contributed by atoms with van der Waals surface area (Å²) in [7, 11) is -1.25. The number of hydrogen-bond donors (Lipinski definition) is 1. The van der Waals surface area contributed by atoms with E-state index in [2.05, 4.69) is 51.0 Å². The minimum atomic E-state index is -2.48. The van der Waals surface area contributed by atoms with Gasteiger partial charge in [-0.25, -0.2) is 9.59 Å². The predicted octanol–water partition coefficient (Wildman–Crippen LogP) is 2.62. The van der Waals surface area contributed by atoms with Gasteiger partial charge in [0, 0.05) is 17.2 Å². The van der Waals surface area contributed by atoms with Gasteiger partial charge in [-0.1, -0.05) is 32.6 Å². The topological polar surface area (TPSA) is 92.3 Å². The fraction of sp³-hybridized carbons (Fsp3) is 0.565. The summed E-state index contributed by atoms with van der Waals surface area (Å²) in [5.74, 6) is 3.14. The van der Waals surface area contributed by atoms with Gasteiger partial charge in [0.05, 0.1) is 32.4 Å². The molecule has 1 fully saturated rings. The van der Waals surface area contributed by atoms with E-state index in [4.69, 9.17) is 36.2 Å². The third kappa shape index (κ3) is 3.87. The van der Waals surface area contributed by atoms with E-state index in [0.29, 0.717) is 11.1 Å². The maximum atomic E-state index is 12.4. The van der Waals surface area contributed by atoms with Gasteiger partial charge in [-0.3, -0.25) is 5.32 Å². The highest BCUT2D eigenvalue weighted by Gasteiger charge is 2.60. The van der Waals surface area contributed by atoms with Crippen LogP contribution in [0.5, 0.6) is 0 Å². The molecule has 1 amide bonds. The van der Waals surface area contributed by atoms with E-state index >= 15 is 0 Å². The standard InChI is InChI=1S/C23H29NO7Si/c1-9-16-18-15(13-17(25)30-16)22(10-2,31-32(7,8)21(3,4)5)14-23(28-11-12-29-23)19(18)24-20(26)27-6/h1-2,13,16H,11-12,14H2,3-8H3,(H,24,26)/t16-,22-/m0/s1. The number of alkyl carbamates (subject to hydrolysis) is 1. The second kappa shape index (κ2) is 8.09. The fourth-order valence-corrected chi connectivity index (χ4v) is 5.25. The fourth-order valence-electron chi connectivity index (χ4n) is 3.83. The Balaban J connectivity index is 2.32. The molecule has 0 unspecified atom stereocenters. The van der Waals surface area contributed by atoms with Crippen LogP contribution in [0.4, 0.5) is 4.79 Å². The van der Waals surface area contributed by atoms with Gasteiger partial charge in [-0.15, -0.1) is 12.8 Å². The van der Waals surface area contributed by atoms with Gasteiger partial charge < -0.3 is 23.4 Å². The lowest BCUT2D eigenvalue weighted by Gasteiger charge is -2.51. The first-order chi connectivity index (χ1) is 14.8. The second-order valence-electron chi connectivity index (χ2n) is 9.41. The number of carbonyl (C=O) groups excluding carboxylic acids is 2. The first-order valence-corrected chi connectivity index (χ1v) is 13.2. The first-order valence-electron chi connectivity index (χ1n) is 10.3. The highest BCUT2D eigenvalue weighted by Crippen LogP contribution is 2.53. The van der Waals surface area contributed by atoms with Crippen LogP contribution in [0.1, 0.15) is 27.2 Å². The molecule has 2 aliphatic heterocycles. The normalized spacial score (nSPS) is 27.1. The van der Waals surface area contributed by atoms with Crippen molar-refractivity contribution < 1.29 is 33.0 Å². The summed E-state index contributed by atoms with van der Waals surface area (Å²) in [6.45, 7) is 10.9. The summed E-state index contributed by atoms with van der Waals surface area (Å²) in [6.07, 6.45) is 11.2. The van der Waals surface area contributed by atoms with Crippen molar-refractivity contribution in [1.29, 1.82) is 0 Å². The lowest BCUT2D eigenvalue weighted by Crippen LogP contribution is -2.60. The maximum absolute atomic E-state index is 12.4. The van der Waals surface area contributed by atoms with E-state index in [1.165, 1.54) is 13.2 Å². The summed E-state index contributed by atoms with van der Waals surface area (Å²) in [6, 6.07) is 0. The Bertz CT molecular complexity index is 970. The third-order valence-electron chi connectivity index (χ3n) is 6.40. The van der Waals surface area contributed by atoms with Crippen molar-refractivity contribution in [3.8, 4) is 24.7 Å². The molecule has 0 saturated carbocycles. The lowest BCUT2D eigenvalue weighted by molar-refractivity contribution is -0.162. The largest absolute Gasteiger partial charge is 0.453 e. The number of hydrogen-bond acceptors (Lipinski definition) is 7. The van der Waals surface area contributed by atoms with Gasteiger partial charge in [0.15, 0.2) is 14.4 Å². The minimum absolute atomic E-state index is 0.0161. The molecule has 32 heavy (non-hydrogen) atoms. The van der Waals surface area contributed by atoms with Crippen LogP contribution in [-0.2, 0) is 28.2 Å². The Morgan fingerprint density at radius 1 is 1.28 bits per heavy atom. The van der Waals surface area contributed by atoms with Crippen LogP contribution in [-0.4, -0.2) is 58.2 Å². The number of ether oxygens (including phenoxy) is 4. The smallest absolute Gasteiger partial charge is 0.411 e. The van der Waals surface area contributed by atoms with Crippen molar-refractivity contribution in [2.24, 2.45) is 0 Å². The van der Waals surface area contributed by atoms with E-state index in [0.717, 1.165) is 0 Å². The average Bonchev–Trinajstić information content (AvgIpc) is 3.17. The first kappa shape index (κ1) is 24.1. The van der Waals surface area contributed by atoms with Crippen LogP contribution in [0.3, 0.4) is 0 Å². The van der Waals surface area contributed by atoms with Crippen LogP contribution in [0.15, 0.2) is 22.9 Å². The summed E-state index contributed by atoms with van der Waals surface area (Å²) in [5, 5.41) is 2.48.